The molecule has 0 unspecified atom stereocenters. The average Bonchev–Trinajstić information content (AvgIpc) is 3.82. The normalized spacial score (nSPS) is 23.0. The summed E-state index contributed by atoms with van der Waals surface area (Å²) in [4.78, 5) is 32.7. The van der Waals surface area contributed by atoms with Crippen molar-refractivity contribution in [3.63, 3.8) is 0 Å². The predicted molar refractivity (Wildman–Crippen MR) is 176 cm³/mol. The molecule has 3 saturated carbocycles. The molecule has 0 saturated heterocycles. The van der Waals surface area contributed by atoms with Crippen LogP contribution in [-0.2, 0) is 9.53 Å². The number of carbonyl (C=O) groups excluding carboxylic acids is 2. The number of ether oxygens (including phenoxy) is 2. The van der Waals surface area contributed by atoms with Gasteiger partial charge in [0.2, 0.25) is 11.8 Å². The van der Waals surface area contributed by atoms with Crippen LogP contribution in [0.15, 0.2) is 48.9 Å². The van der Waals surface area contributed by atoms with Crippen LogP contribution >= 0.6 is 11.6 Å². The monoisotopic (exact) mass is 649 g/mol. The van der Waals surface area contributed by atoms with Crippen LogP contribution in [0.25, 0.3) is 11.1 Å². The number of benzene rings is 1. The van der Waals surface area contributed by atoms with Gasteiger partial charge in [-0.25, -0.2) is 9.78 Å². The molecule has 2 N–H and O–H groups in total. The van der Waals surface area contributed by atoms with Crippen molar-refractivity contribution in [2.45, 2.75) is 82.3 Å². The summed E-state index contributed by atoms with van der Waals surface area (Å²) >= 11 is 6.38. The summed E-state index contributed by atoms with van der Waals surface area (Å²) in [6.07, 6.45) is 14.2. The number of aliphatic hydroxyl groups is 1. The molecule has 3 fully saturated rings. The highest BCUT2D eigenvalue weighted by atomic mass is 35.5. The molecule has 2 amide bonds. The van der Waals surface area contributed by atoms with Crippen molar-refractivity contribution >= 4 is 29.3 Å². The number of aliphatic hydroxyl groups excluding tert-OH is 1. The minimum Gasteiger partial charge on any atom is -0.480 e. The van der Waals surface area contributed by atoms with Crippen LogP contribution in [0.4, 0.5) is 10.5 Å². The number of nitrogens with zero attached hydrogens (tertiary/aromatic N) is 4. The highest BCUT2D eigenvalue weighted by Gasteiger charge is 2.34. The first-order chi connectivity index (χ1) is 22.4. The Bertz CT molecular complexity index is 1490. The Hall–Kier alpha value is -3.63. The lowest BCUT2D eigenvalue weighted by molar-refractivity contribution is -0.124. The van der Waals surface area contributed by atoms with Crippen molar-refractivity contribution in [1.82, 2.24) is 20.1 Å². The van der Waals surface area contributed by atoms with Crippen LogP contribution in [0.2, 0.25) is 5.02 Å². The Morgan fingerprint density at radius 2 is 1.80 bits per heavy atom. The van der Waals surface area contributed by atoms with Crippen LogP contribution in [0.1, 0.15) is 81.7 Å². The third-order valence-corrected chi connectivity index (χ3v) is 10.0. The van der Waals surface area contributed by atoms with Gasteiger partial charge >= 0.3 is 6.09 Å². The molecule has 2 aromatic heterocycles. The molecule has 0 aliphatic heterocycles. The summed E-state index contributed by atoms with van der Waals surface area (Å²) in [5.41, 5.74) is 4.17. The number of hydrogen-bond acceptors (Lipinski definition) is 7. The Kier molecular flexibility index (Phi) is 10.4. The molecule has 6 rings (SSSR count). The molecule has 0 spiro atoms. The molecule has 0 radical (unpaired) electrons. The van der Waals surface area contributed by atoms with Gasteiger partial charge in [-0.2, -0.15) is 5.10 Å². The van der Waals surface area contributed by atoms with E-state index in [2.05, 4.69) is 38.4 Å². The van der Waals surface area contributed by atoms with E-state index in [1.54, 1.807) is 7.11 Å². The number of rotatable bonds is 11. The highest BCUT2D eigenvalue weighted by Crippen LogP contribution is 2.40. The van der Waals surface area contributed by atoms with Gasteiger partial charge in [0.1, 0.15) is 11.1 Å². The second-order valence-electron chi connectivity index (χ2n) is 12.9. The maximum atomic E-state index is 14.3. The molecule has 2 heterocycles. The number of carbonyl (C=O) groups is 2. The molecule has 3 aliphatic rings. The van der Waals surface area contributed by atoms with E-state index in [4.69, 9.17) is 26.2 Å². The van der Waals surface area contributed by atoms with E-state index in [1.807, 2.05) is 35.5 Å². The standard InChI is InChI=1S/C35H44ClN5O5/c1-45-33-32(36)18-27(19-38-33)24-7-5-23(6-8-24)21-40(34(43)25-9-13-31(14-10-25)46-35(44)37-15-16-42)30-4-2-3-26(17-30)28-20-39-41(22-28)29-11-12-29/h2-4,17-20,22-25,29,31,42H,5-16,21H2,1H3,(H,37,44)/t23-,24-,25-,31-. The second kappa shape index (κ2) is 14.9. The maximum Gasteiger partial charge on any atom is 0.407 e. The van der Waals surface area contributed by atoms with Crippen LogP contribution < -0.4 is 15.0 Å². The first-order valence-corrected chi connectivity index (χ1v) is 17.0. The smallest absolute Gasteiger partial charge is 0.407 e. The van der Waals surface area contributed by atoms with Gasteiger partial charge in [0.25, 0.3) is 0 Å². The van der Waals surface area contributed by atoms with E-state index in [0.717, 1.165) is 48.1 Å². The predicted octanol–water partition coefficient (Wildman–Crippen LogP) is 6.53. The van der Waals surface area contributed by atoms with Crippen molar-refractivity contribution in [2.75, 3.05) is 31.7 Å². The van der Waals surface area contributed by atoms with Gasteiger partial charge in [0, 0.05) is 42.7 Å². The van der Waals surface area contributed by atoms with Gasteiger partial charge in [-0.15, -0.1) is 0 Å². The topological polar surface area (TPSA) is 119 Å². The fourth-order valence-electron chi connectivity index (χ4n) is 6.95. The first-order valence-electron chi connectivity index (χ1n) is 16.6. The zero-order valence-electron chi connectivity index (χ0n) is 26.4. The third kappa shape index (κ3) is 7.83. The van der Waals surface area contributed by atoms with Crippen LogP contribution in [0.3, 0.4) is 0 Å². The summed E-state index contributed by atoms with van der Waals surface area (Å²) < 4.78 is 12.8. The Morgan fingerprint density at radius 3 is 2.50 bits per heavy atom. The number of alkyl carbamates (subject to hydrolysis) is 1. The summed E-state index contributed by atoms with van der Waals surface area (Å²) in [7, 11) is 1.57. The van der Waals surface area contributed by atoms with E-state index >= 15 is 0 Å². The van der Waals surface area contributed by atoms with E-state index in [9.17, 15) is 9.59 Å². The molecule has 0 bridgehead atoms. The molecule has 11 heteroatoms. The zero-order valence-corrected chi connectivity index (χ0v) is 27.2. The SMILES string of the molecule is COc1ncc([C@H]2CC[C@H](CN(c3cccc(-c4cnn(C5CC5)c4)c3)C(=O)[C@H]3CC[C@H](OC(=O)NCCO)CC3)CC2)cc1Cl. The van der Waals surface area contributed by atoms with E-state index in [0.29, 0.717) is 61.0 Å². The van der Waals surface area contributed by atoms with Gasteiger partial charge in [-0.1, -0.05) is 23.7 Å². The summed E-state index contributed by atoms with van der Waals surface area (Å²) in [5.74, 6) is 1.21. The van der Waals surface area contributed by atoms with Crippen molar-refractivity contribution in [1.29, 1.82) is 0 Å². The number of hydrogen-bond donors (Lipinski definition) is 2. The number of aromatic nitrogens is 3. The molecular weight excluding hydrogens is 606 g/mol. The van der Waals surface area contributed by atoms with Gasteiger partial charge in [-0.3, -0.25) is 9.48 Å². The van der Waals surface area contributed by atoms with Gasteiger partial charge in [0.05, 0.1) is 26.0 Å². The fraction of sp³-hybridized carbons (Fsp3) is 0.543. The molecule has 3 aromatic rings. The lowest BCUT2D eigenvalue weighted by Gasteiger charge is -2.36. The van der Waals surface area contributed by atoms with E-state index in [1.165, 1.54) is 12.8 Å². The molecular formula is C35H44ClN5O5. The minimum atomic E-state index is -0.518. The molecule has 10 nitrogen and oxygen atoms in total. The molecule has 46 heavy (non-hydrogen) atoms. The number of anilines is 1. The van der Waals surface area contributed by atoms with Gasteiger partial charge < -0.3 is 24.8 Å². The summed E-state index contributed by atoms with van der Waals surface area (Å²) in [6, 6.07) is 10.8. The van der Waals surface area contributed by atoms with Gasteiger partial charge in [0.15, 0.2) is 0 Å². The van der Waals surface area contributed by atoms with Crippen molar-refractivity contribution < 1.29 is 24.2 Å². The van der Waals surface area contributed by atoms with Crippen LogP contribution in [-0.4, -0.2) is 64.8 Å². The number of halogens is 1. The summed E-state index contributed by atoms with van der Waals surface area (Å²) in [6.45, 7) is 0.692. The lowest BCUT2D eigenvalue weighted by atomic mass is 9.78. The molecule has 3 aliphatic carbocycles. The number of nitrogens with one attached hydrogen (secondary N) is 1. The largest absolute Gasteiger partial charge is 0.480 e. The maximum absolute atomic E-state index is 14.3. The zero-order chi connectivity index (χ0) is 32.0. The Labute approximate surface area is 275 Å². The molecule has 246 valence electrons. The quantitative estimate of drug-likeness (QED) is 0.243. The minimum absolute atomic E-state index is 0.134. The Balaban J connectivity index is 1.15. The third-order valence-electron chi connectivity index (χ3n) is 9.74. The van der Waals surface area contributed by atoms with Crippen LogP contribution in [0, 0.1) is 11.8 Å². The Morgan fingerprint density at radius 1 is 1.02 bits per heavy atom. The number of amides is 2. The average molecular weight is 650 g/mol. The fourth-order valence-corrected chi connectivity index (χ4v) is 7.20. The first kappa shape index (κ1) is 32.3. The lowest BCUT2D eigenvalue weighted by Crippen LogP contribution is -2.42. The van der Waals surface area contributed by atoms with E-state index in [-0.39, 0.29) is 31.1 Å². The van der Waals surface area contributed by atoms with Crippen LogP contribution in [0.5, 0.6) is 5.88 Å². The van der Waals surface area contributed by atoms with Crippen molar-refractivity contribution in [3.05, 3.63) is 59.5 Å². The molecule has 1 aromatic carbocycles. The molecule has 0 atom stereocenters. The van der Waals surface area contributed by atoms with Gasteiger partial charge in [-0.05, 0) is 105 Å². The van der Waals surface area contributed by atoms with Crippen molar-refractivity contribution in [2.24, 2.45) is 11.8 Å². The van der Waals surface area contributed by atoms with Crippen molar-refractivity contribution in [3.8, 4) is 17.0 Å². The number of methoxy groups -OCH3 is 1. The highest BCUT2D eigenvalue weighted by molar-refractivity contribution is 6.31. The summed E-state index contributed by atoms with van der Waals surface area (Å²) in [5, 5.41) is 16.6. The van der Waals surface area contributed by atoms with E-state index < -0.39 is 6.09 Å². The number of pyridine rings is 1. The second-order valence-corrected chi connectivity index (χ2v) is 13.4.